The minimum absolute atomic E-state index is 0. The van der Waals surface area contributed by atoms with Gasteiger partial charge in [-0.3, -0.25) is 0 Å². The summed E-state index contributed by atoms with van der Waals surface area (Å²) in [5.74, 6) is 0. The molecule has 0 aliphatic carbocycles. The number of likely N-dealkylation sites (N-methyl/N-ethyl adjacent to an activating group) is 1. The van der Waals surface area contributed by atoms with Crippen molar-refractivity contribution < 1.29 is 13.3 Å². The van der Waals surface area contributed by atoms with Crippen molar-refractivity contribution in [3.05, 3.63) is 48.6 Å². The van der Waals surface area contributed by atoms with E-state index in [2.05, 4.69) is 36.3 Å². The van der Waals surface area contributed by atoms with Gasteiger partial charge in [0.05, 0.1) is 6.04 Å². The maximum absolute atomic E-state index is 5.57. The molecule has 7 heteroatoms. The molecule has 0 amide bonds. The SMILES string of the molecule is C=CC(NC(CNCC)C[Si](OC)(OC)OC)c1ccccc1.Cl. The van der Waals surface area contributed by atoms with E-state index in [-0.39, 0.29) is 24.5 Å². The molecule has 0 aliphatic rings. The molecule has 1 aromatic carbocycles. The number of benzene rings is 1. The molecule has 0 heterocycles. The van der Waals surface area contributed by atoms with Gasteiger partial charge in [0.25, 0.3) is 0 Å². The van der Waals surface area contributed by atoms with Crippen molar-refractivity contribution in [2.45, 2.75) is 25.1 Å². The molecular weight excluding hydrogens is 344 g/mol. The van der Waals surface area contributed by atoms with Gasteiger partial charge in [-0.15, -0.1) is 19.0 Å². The van der Waals surface area contributed by atoms with Crippen molar-refractivity contribution in [3.8, 4) is 0 Å². The lowest BCUT2D eigenvalue weighted by atomic mass is 10.1. The molecule has 138 valence electrons. The summed E-state index contributed by atoms with van der Waals surface area (Å²) in [7, 11) is 2.29. The summed E-state index contributed by atoms with van der Waals surface area (Å²) in [5, 5.41) is 7.01. The molecule has 0 aromatic heterocycles. The highest BCUT2D eigenvalue weighted by molar-refractivity contribution is 6.60. The highest BCUT2D eigenvalue weighted by Crippen LogP contribution is 2.19. The monoisotopic (exact) mass is 374 g/mol. The molecule has 0 aliphatic heterocycles. The van der Waals surface area contributed by atoms with Gasteiger partial charge in [0.15, 0.2) is 0 Å². The Bertz CT molecular complexity index is 438. The maximum Gasteiger partial charge on any atom is 0.501 e. The Labute approximate surface area is 153 Å². The molecule has 1 rings (SSSR count). The van der Waals surface area contributed by atoms with E-state index in [4.69, 9.17) is 13.3 Å². The van der Waals surface area contributed by atoms with Gasteiger partial charge in [-0.25, -0.2) is 0 Å². The Balaban J connectivity index is 0.00000529. The Hall–Kier alpha value is -0.733. The van der Waals surface area contributed by atoms with Gasteiger partial charge in [-0.2, -0.15) is 0 Å². The summed E-state index contributed by atoms with van der Waals surface area (Å²) in [4.78, 5) is 0. The van der Waals surface area contributed by atoms with E-state index >= 15 is 0 Å². The van der Waals surface area contributed by atoms with Gasteiger partial charge in [0.1, 0.15) is 0 Å². The van der Waals surface area contributed by atoms with Gasteiger partial charge in [-0.05, 0) is 12.1 Å². The van der Waals surface area contributed by atoms with Crippen LogP contribution in [-0.2, 0) is 13.3 Å². The zero-order valence-corrected chi connectivity index (χ0v) is 16.9. The molecule has 0 saturated heterocycles. The number of hydrogen-bond acceptors (Lipinski definition) is 5. The molecule has 5 nitrogen and oxygen atoms in total. The summed E-state index contributed by atoms with van der Waals surface area (Å²) in [6.07, 6.45) is 1.92. The number of halogens is 1. The molecule has 24 heavy (non-hydrogen) atoms. The zero-order valence-electron chi connectivity index (χ0n) is 15.1. The minimum Gasteiger partial charge on any atom is -0.377 e. The fraction of sp³-hybridized carbons (Fsp3) is 0.529. The van der Waals surface area contributed by atoms with Gasteiger partial charge in [0.2, 0.25) is 0 Å². The van der Waals surface area contributed by atoms with Crippen LogP contribution in [0.3, 0.4) is 0 Å². The summed E-state index contributed by atoms with van der Waals surface area (Å²) in [5.41, 5.74) is 1.18. The standard InChI is InChI=1S/C17H30N2O3Si.ClH/c1-6-17(15-11-9-8-10-12-15)19-16(13-18-7-2)14-23(20-3,21-4)22-5;/h6,8-12,16-19H,1,7,13-14H2,2-5H3;1H. The normalized spacial score (nSPS) is 13.8. The second-order valence-electron chi connectivity index (χ2n) is 5.29. The summed E-state index contributed by atoms with van der Waals surface area (Å²) < 4.78 is 16.7. The fourth-order valence-corrected chi connectivity index (χ4v) is 4.39. The first-order valence-electron chi connectivity index (χ1n) is 7.94. The minimum atomic E-state index is -2.65. The Morgan fingerprint density at radius 3 is 2.17 bits per heavy atom. The van der Waals surface area contributed by atoms with Gasteiger partial charge in [-0.1, -0.05) is 43.3 Å². The van der Waals surface area contributed by atoms with Crippen molar-refractivity contribution >= 4 is 21.2 Å². The number of nitrogens with one attached hydrogen (secondary N) is 2. The van der Waals surface area contributed by atoms with E-state index in [1.165, 1.54) is 5.56 Å². The van der Waals surface area contributed by atoms with Crippen molar-refractivity contribution in [1.82, 2.24) is 10.6 Å². The highest BCUT2D eigenvalue weighted by atomic mass is 35.5. The van der Waals surface area contributed by atoms with E-state index < -0.39 is 8.80 Å². The predicted octanol–water partition coefficient (Wildman–Crippen LogP) is 2.78. The molecule has 0 saturated carbocycles. The third kappa shape index (κ3) is 7.02. The van der Waals surface area contributed by atoms with Crippen molar-refractivity contribution in [2.75, 3.05) is 34.4 Å². The topological polar surface area (TPSA) is 51.8 Å². The summed E-state index contributed by atoms with van der Waals surface area (Å²) in [6.45, 7) is 7.76. The van der Waals surface area contributed by atoms with E-state index in [9.17, 15) is 0 Å². The zero-order chi connectivity index (χ0) is 17.1. The van der Waals surface area contributed by atoms with Crippen LogP contribution in [0.5, 0.6) is 0 Å². The van der Waals surface area contributed by atoms with Crippen LogP contribution < -0.4 is 10.6 Å². The Morgan fingerprint density at radius 2 is 1.71 bits per heavy atom. The first kappa shape index (κ1) is 23.3. The first-order chi connectivity index (χ1) is 11.1. The third-order valence-corrected chi connectivity index (χ3v) is 6.74. The summed E-state index contributed by atoms with van der Waals surface area (Å²) in [6, 6.07) is 11.2. The molecule has 0 radical (unpaired) electrons. The first-order valence-corrected chi connectivity index (χ1v) is 9.87. The largest absolute Gasteiger partial charge is 0.501 e. The lowest BCUT2D eigenvalue weighted by molar-refractivity contribution is 0.119. The molecule has 1 aromatic rings. The van der Waals surface area contributed by atoms with Crippen molar-refractivity contribution in [2.24, 2.45) is 0 Å². The molecular formula is C17H31ClN2O3Si. The average molecular weight is 375 g/mol. The van der Waals surface area contributed by atoms with Crippen LogP contribution in [0.1, 0.15) is 18.5 Å². The second-order valence-corrected chi connectivity index (χ2v) is 8.29. The third-order valence-electron chi connectivity index (χ3n) is 3.88. The van der Waals surface area contributed by atoms with Crippen LogP contribution in [0.4, 0.5) is 0 Å². The lowest BCUT2D eigenvalue weighted by Crippen LogP contribution is -2.51. The molecule has 0 fully saturated rings. The molecule has 2 unspecified atom stereocenters. The maximum atomic E-state index is 5.57. The lowest BCUT2D eigenvalue weighted by Gasteiger charge is -2.31. The van der Waals surface area contributed by atoms with Crippen LogP contribution in [0.15, 0.2) is 43.0 Å². The van der Waals surface area contributed by atoms with Gasteiger partial charge >= 0.3 is 8.80 Å². The molecule has 0 bridgehead atoms. The van der Waals surface area contributed by atoms with Crippen LogP contribution in [-0.4, -0.2) is 49.3 Å². The Morgan fingerprint density at radius 1 is 1.12 bits per heavy atom. The molecule has 2 atom stereocenters. The molecule has 0 spiro atoms. The smallest absolute Gasteiger partial charge is 0.377 e. The van der Waals surface area contributed by atoms with E-state index in [0.29, 0.717) is 6.04 Å². The second kappa shape index (κ2) is 12.6. The summed E-state index contributed by atoms with van der Waals surface area (Å²) >= 11 is 0. The van der Waals surface area contributed by atoms with E-state index in [1.807, 2.05) is 24.3 Å². The van der Waals surface area contributed by atoms with E-state index in [0.717, 1.165) is 13.1 Å². The van der Waals surface area contributed by atoms with Crippen molar-refractivity contribution in [3.63, 3.8) is 0 Å². The van der Waals surface area contributed by atoms with Crippen LogP contribution in [0.2, 0.25) is 6.04 Å². The van der Waals surface area contributed by atoms with Crippen molar-refractivity contribution in [1.29, 1.82) is 0 Å². The van der Waals surface area contributed by atoms with Gasteiger partial charge < -0.3 is 23.9 Å². The number of rotatable bonds is 12. The predicted molar refractivity (Wildman–Crippen MR) is 104 cm³/mol. The Kier molecular flexibility index (Phi) is 12.2. The average Bonchev–Trinajstić information content (AvgIpc) is 2.62. The van der Waals surface area contributed by atoms with E-state index in [1.54, 1.807) is 21.3 Å². The molecule has 2 N–H and O–H groups in total. The van der Waals surface area contributed by atoms with Gasteiger partial charge in [0, 0.05) is 40.0 Å². The quantitative estimate of drug-likeness (QED) is 0.435. The van der Waals surface area contributed by atoms with Crippen LogP contribution >= 0.6 is 12.4 Å². The number of hydrogen-bond donors (Lipinski definition) is 2. The van der Waals surface area contributed by atoms with Crippen LogP contribution in [0.25, 0.3) is 0 Å². The fourth-order valence-electron chi connectivity index (χ4n) is 2.53. The van der Waals surface area contributed by atoms with Crippen LogP contribution in [0, 0.1) is 0 Å². The highest BCUT2D eigenvalue weighted by Gasteiger charge is 2.40.